The van der Waals surface area contributed by atoms with Gasteiger partial charge in [-0.05, 0) is 29.7 Å². The van der Waals surface area contributed by atoms with Gasteiger partial charge in [-0.2, -0.15) is 0 Å². The van der Waals surface area contributed by atoms with Gasteiger partial charge >= 0.3 is 0 Å². The van der Waals surface area contributed by atoms with Gasteiger partial charge in [0.15, 0.2) is 11.5 Å². The highest BCUT2D eigenvalue weighted by molar-refractivity contribution is 5.54. The number of aromatic amines is 1. The van der Waals surface area contributed by atoms with E-state index in [-0.39, 0.29) is 0 Å². The minimum atomic E-state index is 0.793. The molecule has 3 aromatic rings. The Morgan fingerprint density at radius 1 is 1.04 bits per heavy atom. The highest BCUT2D eigenvalue weighted by Crippen LogP contribution is 2.33. The zero-order chi connectivity index (χ0) is 17.9. The minimum Gasteiger partial charge on any atom is -0.493 e. The largest absolute Gasteiger partial charge is 0.493 e. The third-order valence-corrected chi connectivity index (χ3v) is 4.87. The van der Waals surface area contributed by atoms with Crippen LogP contribution in [-0.2, 0) is 19.5 Å². The van der Waals surface area contributed by atoms with Gasteiger partial charge in [0.05, 0.1) is 14.2 Å². The van der Waals surface area contributed by atoms with Crippen molar-refractivity contribution in [3.63, 3.8) is 0 Å². The molecule has 1 aliphatic heterocycles. The molecular weight excluding hydrogens is 326 g/mol. The van der Waals surface area contributed by atoms with Crippen LogP contribution in [0.2, 0.25) is 0 Å². The van der Waals surface area contributed by atoms with Crippen molar-refractivity contribution >= 4 is 0 Å². The monoisotopic (exact) mass is 349 g/mol. The van der Waals surface area contributed by atoms with E-state index in [1.54, 1.807) is 14.2 Å². The van der Waals surface area contributed by atoms with Crippen molar-refractivity contribution in [1.29, 1.82) is 0 Å². The zero-order valence-electron chi connectivity index (χ0n) is 15.2. The SMILES string of the molecule is COc1cc2c(cc1OC)CN(Cc1cnc(-c3ccccc3)[nH]1)CC2. The Bertz CT molecular complexity index is 890. The number of benzene rings is 2. The smallest absolute Gasteiger partial charge is 0.161 e. The predicted molar refractivity (Wildman–Crippen MR) is 101 cm³/mol. The van der Waals surface area contributed by atoms with Crippen LogP contribution >= 0.6 is 0 Å². The second-order valence-corrected chi connectivity index (χ2v) is 6.56. The highest BCUT2D eigenvalue weighted by Gasteiger charge is 2.20. The minimum absolute atomic E-state index is 0.793. The predicted octanol–water partition coefficient (Wildman–Crippen LogP) is 3.65. The summed E-state index contributed by atoms with van der Waals surface area (Å²) in [6.07, 6.45) is 2.95. The Balaban J connectivity index is 1.49. The van der Waals surface area contributed by atoms with Crippen molar-refractivity contribution in [3.8, 4) is 22.9 Å². The maximum atomic E-state index is 5.45. The van der Waals surface area contributed by atoms with Crippen LogP contribution in [0.4, 0.5) is 0 Å². The Morgan fingerprint density at radius 3 is 2.50 bits per heavy atom. The third-order valence-electron chi connectivity index (χ3n) is 4.87. The molecule has 0 unspecified atom stereocenters. The molecular formula is C21H23N3O2. The Labute approximate surface area is 153 Å². The van der Waals surface area contributed by atoms with E-state index in [2.05, 4.69) is 39.1 Å². The Morgan fingerprint density at radius 2 is 1.77 bits per heavy atom. The molecule has 0 spiro atoms. The summed E-state index contributed by atoms with van der Waals surface area (Å²) in [6, 6.07) is 14.4. The molecule has 26 heavy (non-hydrogen) atoms. The molecule has 2 heterocycles. The molecule has 0 radical (unpaired) electrons. The molecule has 1 N–H and O–H groups in total. The van der Waals surface area contributed by atoms with Crippen molar-refractivity contribution in [2.24, 2.45) is 0 Å². The molecule has 0 amide bonds. The summed E-state index contributed by atoms with van der Waals surface area (Å²) < 4.78 is 10.9. The summed E-state index contributed by atoms with van der Waals surface area (Å²) in [7, 11) is 3.36. The van der Waals surface area contributed by atoms with Crippen LogP contribution in [0.5, 0.6) is 11.5 Å². The zero-order valence-corrected chi connectivity index (χ0v) is 15.2. The number of aromatic nitrogens is 2. The number of nitrogens with one attached hydrogen (secondary N) is 1. The van der Waals surface area contributed by atoms with E-state index < -0.39 is 0 Å². The van der Waals surface area contributed by atoms with Gasteiger partial charge in [0.1, 0.15) is 5.82 Å². The summed E-state index contributed by atoms with van der Waals surface area (Å²) in [5, 5.41) is 0. The number of fused-ring (bicyclic) bond motifs is 1. The van der Waals surface area contributed by atoms with E-state index in [1.807, 2.05) is 24.4 Å². The molecule has 0 bridgehead atoms. The Kier molecular flexibility index (Phi) is 4.63. The van der Waals surface area contributed by atoms with Gasteiger partial charge in [-0.25, -0.2) is 4.98 Å². The van der Waals surface area contributed by atoms with Crippen LogP contribution < -0.4 is 9.47 Å². The van der Waals surface area contributed by atoms with Gasteiger partial charge < -0.3 is 14.5 Å². The van der Waals surface area contributed by atoms with Crippen LogP contribution in [0, 0.1) is 0 Å². The summed E-state index contributed by atoms with van der Waals surface area (Å²) in [4.78, 5) is 10.4. The fraction of sp³-hybridized carbons (Fsp3) is 0.286. The number of H-pyrrole nitrogens is 1. The maximum absolute atomic E-state index is 5.45. The van der Waals surface area contributed by atoms with E-state index >= 15 is 0 Å². The highest BCUT2D eigenvalue weighted by atomic mass is 16.5. The van der Waals surface area contributed by atoms with Crippen LogP contribution in [0.15, 0.2) is 48.7 Å². The number of hydrogen-bond acceptors (Lipinski definition) is 4. The number of methoxy groups -OCH3 is 2. The summed E-state index contributed by atoms with van der Waals surface area (Å²) in [5.41, 5.74) is 4.89. The van der Waals surface area contributed by atoms with Crippen LogP contribution in [0.25, 0.3) is 11.4 Å². The lowest BCUT2D eigenvalue weighted by atomic mass is 9.98. The lowest BCUT2D eigenvalue weighted by Gasteiger charge is -2.29. The second kappa shape index (κ2) is 7.22. The summed E-state index contributed by atoms with van der Waals surface area (Å²) in [5.74, 6) is 2.52. The molecule has 0 aliphatic carbocycles. The van der Waals surface area contributed by atoms with E-state index in [9.17, 15) is 0 Å². The van der Waals surface area contributed by atoms with E-state index in [1.165, 1.54) is 11.1 Å². The van der Waals surface area contributed by atoms with Gasteiger partial charge in [-0.3, -0.25) is 4.90 Å². The third kappa shape index (κ3) is 3.30. The van der Waals surface area contributed by atoms with Gasteiger partial charge in [0.25, 0.3) is 0 Å². The average molecular weight is 349 g/mol. The first kappa shape index (κ1) is 16.7. The maximum Gasteiger partial charge on any atom is 0.161 e. The number of rotatable bonds is 5. The quantitative estimate of drug-likeness (QED) is 0.764. The molecule has 0 saturated heterocycles. The van der Waals surface area contributed by atoms with E-state index in [0.29, 0.717) is 0 Å². The normalized spacial score (nSPS) is 14.1. The van der Waals surface area contributed by atoms with Gasteiger partial charge in [0.2, 0.25) is 0 Å². The van der Waals surface area contributed by atoms with Crippen molar-refractivity contribution in [2.75, 3.05) is 20.8 Å². The summed E-state index contributed by atoms with van der Waals surface area (Å²) >= 11 is 0. The first-order valence-electron chi connectivity index (χ1n) is 8.82. The molecule has 134 valence electrons. The first-order chi connectivity index (χ1) is 12.8. The van der Waals surface area contributed by atoms with Crippen LogP contribution in [0.3, 0.4) is 0 Å². The topological polar surface area (TPSA) is 50.4 Å². The summed E-state index contributed by atoms with van der Waals surface area (Å²) in [6.45, 7) is 2.77. The van der Waals surface area contributed by atoms with Crippen LogP contribution in [0.1, 0.15) is 16.8 Å². The van der Waals surface area contributed by atoms with Crippen LogP contribution in [-0.4, -0.2) is 35.6 Å². The van der Waals surface area contributed by atoms with Gasteiger partial charge in [-0.15, -0.1) is 0 Å². The van der Waals surface area contributed by atoms with Crippen molar-refractivity contribution < 1.29 is 9.47 Å². The molecule has 1 aromatic heterocycles. The number of ether oxygens (including phenoxy) is 2. The fourth-order valence-electron chi connectivity index (χ4n) is 3.50. The van der Waals surface area contributed by atoms with Crippen molar-refractivity contribution in [3.05, 3.63) is 65.5 Å². The number of hydrogen-bond donors (Lipinski definition) is 1. The van der Waals surface area contributed by atoms with Crippen molar-refractivity contribution in [2.45, 2.75) is 19.5 Å². The number of imidazole rings is 1. The van der Waals surface area contributed by atoms with Gasteiger partial charge in [-0.1, -0.05) is 30.3 Å². The lowest BCUT2D eigenvalue weighted by molar-refractivity contribution is 0.241. The fourth-order valence-corrected chi connectivity index (χ4v) is 3.50. The van der Waals surface area contributed by atoms with Crippen molar-refractivity contribution in [1.82, 2.24) is 14.9 Å². The van der Waals surface area contributed by atoms with Gasteiger partial charge in [0, 0.05) is 37.1 Å². The second-order valence-electron chi connectivity index (χ2n) is 6.56. The molecule has 2 aromatic carbocycles. The lowest BCUT2D eigenvalue weighted by Crippen LogP contribution is -2.30. The average Bonchev–Trinajstić information content (AvgIpc) is 3.16. The standard InChI is InChI=1S/C21H23N3O2/c1-25-19-10-16-8-9-24(13-17(16)11-20(19)26-2)14-18-12-22-21(23-18)15-6-4-3-5-7-15/h3-7,10-12H,8-9,13-14H2,1-2H3,(H,22,23). The van der Waals surface area contributed by atoms with E-state index in [0.717, 1.165) is 54.6 Å². The molecule has 0 saturated carbocycles. The first-order valence-corrected chi connectivity index (χ1v) is 8.82. The molecule has 0 atom stereocenters. The molecule has 5 heteroatoms. The Hall–Kier alpha value is -2.79. The van der Waals surface area contributed by atoms with E-state index in [4.69, 9.17) is 9.47 Å². The number of nitrogens with zero attached hydrogens (tertiary/aromatic N) is 2. The molecule has 1 aliphatic rings. The molecule has 4 rings (SSSR count). The molecule has 0 fully saturated rings. The molecule has 5 nitrogen and oxygen atoms in total.